The van der Waals surface area contributed by atoms with Crippen LogP contribution in [-0.2, 0) is 44.6 Å². The molecule has 3 N–H and O–H groups in total. The van der Waals surface area contributed by atoms with Crippen molar-refractivity contribution in [2.24, 2.45) is 0 Å². The van der Waals surface area contributed by atoms with Gasteiger partial charge >= 0.3 is 0 Å². The van der Waals surface area contributed by atoms with Crippen LogP contribution in [0.5, 0.6) is 0 Å². The number of nitrogens with one attached hydrogen (secondary N) is 3. The number of carbonyl (C=O) groups excluding carboxylic acids is 3. The van der Waals surface area contributed by atoms with E-state index in [4.69, 9.17) is 0 Å². The Labute approximate surface area is 247 Å². The molecule has 0 unspecified atom stereocenters. The second-order valence-electron chi connectivity index (χ2n) is 12.8. The summed E-state index contributed by atoms with van der Waals surface area (Å²) in [5.41, 5.74) is 1.83. The third kappa shape index (κ3) is 3.75. The summed E-state index contributed by atoms with van der Waals surface area (Å²) in [6.45, 7) is 0.101. The van der Waals surface area contributed by atoms with E-state index in [0.717, 1.165) is 35.6 Å². The number of benzene rings is 2. The molecule has 3 amide bonds. The molecular formula is C33H31F2N5O3. The molecule has 10 heteroatoms. The SMILES string of the molecule is O=C(CN1C(=O)C2(CCCC2)NC[C@]12CCc1c(F)cc(F)cc12)Nc1ccc2c(c1)C[C@@]1(C2)C(=O)Nc2ncccc21. The van der Waals surface area contributed by atoms with Crippen LogP contribution < -0.4 is 16.0 Å². The van der Waals surface area contributed by atoms with Crippen molar-refractivity contribution in [2.75, 3.05) is 23.7 Å². The third-order valence-electron chi connectivity index (χ3n) is 10.6. The minimum atomic E-state index is -1.01. The summed E-state index contributed by atoms with van der Waals surface area (Å²) in [6.07, 6.45) is 6.62. The molecule has 43 heavy (non-hydrogen) atoms. The summed E-state index contributed by atoms with van der Waals surface area (Å²) in [7, 11) is 0. The molecule has 1 saturated carbocycles. The van der Waals surface area contributed by atoms with Gasteiger partial charge in [0.05, 0.1) is 16.5 Å². The minimum absolute atomic E-state index is 0.0731. The van der Waals surface area contributed by atoms with Crippen LogP contribution in [0.2, 0.25) is 0 Å². The molecule has 2 aliphatic heterocycles. The van der Waals surface area contributed by atoms with E-state index in [9.17, 15) is 23.2 Å². The van der Waals surface area contributed by atoms with E-state index in [-0.39, 0.29) is 24.3 Å². The van der Waals surface area contributed by atoms with Crippen molar-refractivity contribution in [1.82, 2.24) is 15.2 Å². The molecule has 3 heterocycles. The lowest BCUT2D eigenvalue weighted by Gasteiger charge is -2.52. The van der Waals surface area contributed by atoms with E-state index in [0.29, 0.717) is 67.7 Å². The lowest BCUT2D eigenvalue weighted by Crippen LogP contribution is -2.71. The first-order chi connectivity index (χ1) is 20.7. The Balaban J connectivity index is 1.08. The van der Waals surface area contributed by atoms with Crippen LogP contribution in [0.25, 0.3) is 0 Å². The van der Waals surface area contributed by atoms with Gasteiger partial charge < -0.3 is 20.9 Å². The van der Waals surface area contributed by atoms with Gasteiger partial charge in [0.2, 0.25) is 17.7 Å². The molecular weight excluding hydrogens is 552 g/mol. The van der Waals surface area contributed by atoms with Crippen LogP contribution in [0.3, 0.4) is 0 Å². The highest BCUT2D eigenvalue weighted by Gasteiger charge is 2.57. The van der Waals surface area contributed by atoms with Crippen LogP contribution in [0.15, 0.2) is 48.7 Å². The Bertz CT molecular complexity index is 1740. The van der Waals surface area contributed by atoms with Crippen LogP contribution in [-0.4, -0.2) is 46.2 Å². The van der Waals surface area contributed by atoms with Gasteiger partial charge in [0, 0.05) is 30.1 Å². The molecule has 3 spiro atoms. The van der Waals surface area contributed by atoms with Gasteiger partial charge in [-0.3, -0.25) is 14.4 Å². The number of carbonyl (C=O) groups is 3. The number of fused-ring (bicyclic) bond motifs is 5. The number of halogens is 2. The molecule has 8 rings (SSSR count). The number of piperazine rings is 1. The smallest absolute Gasteiger partial charge is 0.244 e. The van der Waals surface area contributed by atoms with Gasteiger partial charge in [-0.2, -0.15) is 0 Å². The lowest BCUT2D eigenvalue weighted by atomic mass is 9.79. The zero-order valence-electron chi connectivity index (χ0n) is 23.6. The predicted molar refractivity (Wildman–Crippen MR) is 154 cm³/mol. The number of amides is 3. The fraction of sp³-hybridized carbons (Fsp3) is 0.394. The Morgan fingerprint density at radius 3 is 2.65 bits per heavy atom. The van der Waals surface area contributed by atoms with Crippen molar-refractivity contribution in [1.29, 1.82) is 0 Å². The van der Waals surface area contributed by atoms with Crippen molar-refractivity contribution in [3.8, 4) is 0 Å². The fourth-order valence-corrected chi connectivity index (χ4v) is 8.42. The number of hydrogen-bond donors (Lipinski definition) is 3. The Morgan fingerprint density at radius 1 is 1.00 bits per heavy atom. The van der Waals surface area contributed by atoms with Crippen molar-refractivity contribution in [2.45, 2.75) is 67.9 Å². The molecule has 0 bridgehead atoms. The van der Waals surface area contributed by atoms with Crippen molar-refractivity contribution >= 4 is 29.2 Å². The van der Waals surface area contributed by atoms with Gasteiger partial charge in [-0.15, -0.1) is 0 Å². The molecule has 2 aromatic carbocycles. The molecule has 2 fully saturated rings. The molecule has 3 aliphatic carbocycles. The Hall–Kier alpha value is -4.18. The quantitative estimate of drug-likeness (QED) is 0.435. The number of pyridine rings is 1. The van der Waals surface area contributed by atoms with E-state index >= 15 is 0 Å². The first kappa shape index (κ1) is 26.4. The first-order valence-corrected chi connectivity index (χ1v) is 15.0. The summed E-state index contributed by atoms with van der Waals surface area (Å²) >= 11 is 0. The van der Waals surface area contributed by atoms with Gasteiger partial charge in [0.15, 0.2) is 0 Å². The monoisotopic (exact) mass is 583 g/mol. The number of rotatable bonds is 3. The topological polar surface area (TPSA) is 103 Å². The second kappa shape index (κ2) is 9.16. The molecule has 0 radical (unpaired) electrons. The highest BCUT2D eigenvalue weighted by molar-refractivity contribution is 6.06. The molecule has 220 valence electrons. The number of anilines is 2. The van der Waals surface area contributed by atoms with Crippen molar-refractivity contribution in [3.05, 3.63) is 88.1 Å². The molecule has 1 aromatic heterocycles. The maximum absolute atomic E-state index is 14.8. The van der Waals surface area contributed by atoms with Crippen LogP contribution in [0, 0.1) is 11.6 Å². The van der Waals surface area contributed by atoms with E-state index in [2.05, 4.69) is 20.9 Å². The zero-order valence-corrected chi connectivity index (χ0v) is 23.6. The first-order valence-electron chi connectivity index (χ1n) is 15.0. The summed E-state index contributed by atoms with van der Waals surface area (Å²) in [5.74, 6) is -1.35. The number of nitrogens with zero attached hydrogens (tertiary/aromatic N) is 2. The number of aromatic nitrogens is 1. The summed E-state index contributed by atoms with van der Waals surface area (Å²) in [6, 6.07) is 11.6. The van der Waals surface area contributed by atoms with Crippen molar-refractivity contribution in [3.63, 3.8) is 0 Å². The fourth-order valence-electron chi connectivity index (χ4n) is 8.42. The van der Waals surface area contributed by atoms with E-state index in [1.165, 1.54) is 6.07 Å². The van der Waals surface area contributed by atoms with Gasteiger partial charge in [-0.05, 0) is 85.0 Å². The molecule has 8 nitrogen and oxygen atoms in total. The van der Waals surface area contributed by atoms with Gasteiger partial charge in [0.1, 0.15) is 24.0 Å². The standard InChI is InChI=1S/C33H31F2N5O3/c34-21-13-25-23(26(35)14-21)7-10-33(25)18-37-32(8-1-2-9-32)30(43)40(33)17-27(41)38-22-6-5-19-15-31(16-20(19)12-22)24-4-3-11-36-28(24)39-29(31)42/h3-6,11-14,37H,1-2,7-10,15-18H2,(H,38,41)(H,36,39,42)/t31-,33+/m1/s1. The lowest BCUT2D eigenvalue weighted by molar-refractivity contribution is -0.154. The highest BCUT2D eigenvalue weighted by Crippen LogP contribution is 2.49. The largest absolute Gasteiger partial charge is 0.325 e. The average Bonchev–Trinajstić information content (AvgIpc) is 3.75. The third-order valence-corrected chi connectivity index (χ3v) is 10.6. The normalized spacial score (nSPS) is 26.2. The van der Waals surface area contributed by atoms with Crippen LogP contribution >= 0.6 is 0 Å². The number of hydrogen-bond acceptors (Lipinski definition) is 5. The summed E-state index contributed by atoms with van der Waals surface area (Å²) in [5, 5.41) is 9.34. The van der Waals surface area contributed by atoms with E-state index < -0.39 is 28.1 Å². The Kier molecular flexibility index (Phi) is 5.63. The maximum atomic E-state index is 14.8. The van der Waals surface area contributed by atoms with Crippen LogP contribution in [0.1, 0.15) is 59.9 Å². The second-order valence-corrected chi connectivity index (χ2v) is 12.8. The van der Waals surface area contributed by atoms with Gasteiger partial charge in [0.25, 0.3) is 0 Å². The van der Waals surface area contributed by atoms with Gasteiger partial charge in [-0.25, -0.2) is 13.8 Å². The van der Waals surface area contributed by atoms with E-state index in [1.807, 2.05) is 30.3 Å². The predicted octanol–water partition coefficient (Wildman–Crippen LogP) is 3.87. The average molecular weight is 584 g/mol. The molecule has 2 atom stereocenters. The van der Waals surface area contributed by atoms with Crippen molar-refractivity contribution < 1.29 is 23.2 Å². The van der Waals surface area contributed by atoms with Gasteiger partial charge in [-0.1, -0.05) is 25.0 Å². The minimum Gasteiger partial charge on any atom is -0.325 e. The molecule has 5 aliphatic rings. The molecule has 3 aromatic rings. The van der Waals surface area contributed by atoms with E-state index in [1.54, 1.807) is 11.1 Å². The Morgan fingerprint density at radius 2 is 1.81 bits per heavy atom. The van der Waals surface area contributed by atoms with Crippen LogP contribution in [0.4, 0.5) is 20.3 Å². The molecule has 1 saturated heterocycles. The zero-order chi connectivity index (χ0) is 29.6. The summed E-state index contributed by atoms with van der Waals surface area (Å²) < 4.78 is 29.3. The summed E-state index contributed by atoms with van der Waals surface area (Å²) in [4.78, 5) is 46.8. The highest BCUT2D eigenvalue weighted by atomic mass is 19.1. The maximum Gasteiger partial charge on any atom is 0.244 e.